The van der Waals surface area contributed by atoms with Crippen molar-refractivity contribution in [2.24, 2.45) is 14.1 Å². The van der Waals surface area contributed by atoms with E-state index in [1.54, 1.807) is 32.2 Å². The number of nitrogens with one attached hydrogen (secondary N) is 1. The molecule has 0 spiro atoms. The third-order valence-corrected chi connectivity index (χ3v) is 9.90. The van der Waals surface area contributed by atoms with Crippen LogP contribution >= 0.6 is 23.2 Å². The van der Waals surface area contributed by atoms with Crippen molar-refractivity contribution >= 4 is 40.7 Å². The van der Waals surface area contributed by atoms with Crippen LogP contribution in [-0.2, 0) is 25.3 Å². The van der Waals surface area contributed by atoms with Crippen molar-refractivity contribution in [3.05, 3.63) is 96.0 Å². The first kappa shape index (κ1) is 33.4. The summed E-state index contributed by atoms with van der Waals surface area (Å²) in [5, 5.41) is 2.67. The Morgan fingerprint density at radius 3 is 2.44 bits per heavy atom. The molecule has 1 saturated heterocycles. The van der Waals surface area contributed by atoms with Gasteiger partial charge in [-0.3, -0.25) is 23.9 Å². The van der Waals surface area contributed by atoms with Gasteiger partial charge in [-0.1, -0.05) is 35.3 Å². The number of piperazine rings is 1. The van der Waals surface area contributed by atoms with Gasteiger partial charge in [-0.05, 0) is 42.7 Å². The molecule has 48 heavy (non-hydrogen) atoms. The number of benzene rings is 2. The molecule has 0 saturated carbocycles. The highest BCUT2D eigenvalue weighted by Gasteiger charge is 2.35. The highest BCUT2D eigenvalue weighted by molar-refractivity contribution is 6.39. The average molecular weight is 696 g/mol. The molecule has 1 N–H and O–H groups in total. The molecule has 1 unspecified atom stereocenters. The van der Waals surface area contributed by atoms with E-state index in [9.17, 15) is 19.2 Å². The fraction of sp³-hybridized carbons (Fsp3) is 0.324. The zero-order chi connectivity index (χ0) is 34.4. The van der Waals surface area contributed by atoms with Crippen LogP contribution in [0.3, 0.4) is 0 Å². The summed E-state index contributed by atoms with van der Waals surface area (Å²) in [4.78, 5) is 58.7. The van der Waals surface area contributed by atoms with E-state index in [0.717, 1.165) is 52.4 Å². The molecular weight excluding hydrogens is 662 g/mol. The molecule has 3 heterocycles. The first-order valence-corrected chi connectivity index (χ1v) is 16.1. The molecule has 0 radical (unpaired) electrons. The first-order valence-electron chi connectivity index (χ1n) is 15.3. The highest BCUT2D eigenvalue weighted by Crippen LogP contribution is 2.46. The smallest absolute Gasteiger partial charge is 0.330 e. The molecule has 11 nitrogen and oxygen atoms in total. The van der Waals surface area contributed by atoms with Crippen molar-refractivity contribution in [3.8, 4) is 28.3 Å². The molecule has 1 aliphatic heterocycles. The molecule has 1 atom stereocenters. The number of hydrogen-bond acceptors (Lipinski definition) is 7. The maximum atomic E-state index is 15.6. The first-order chi connectivity index (χ1) is 22.9. The Morgan fingerprint density at radius 2 is 1.75 bits per heavy atom. The lowest BCUT2D eigenvalue weighted by Gasteiger charge is -2.38. The number of pyridine rings is 1. The van der Waals surface area contributed by atoms with E-state index in [2.05, 4.69) is 10.2 Å². The minimum Gasteiger partial charge on any atom is -0.481 e. The number of amides is 2. The van der Waals surface area contributed by atoms with Gasteiger partial charge in [0.25, 0.3) is 11.5 Å². The Bertz CT molecular complexity index is 2090. The highest BCUT2D eigenvalue weighted by atomic mass is 35.5. The number of aromatic nitrogens is 3. The molecule has 2 aliphatic rings. The predicted octanol–water partition coefficient (Wildman–Crippen LogP) is 4.67. The molecule has 2 aromatic heterocycles. The fourth-order valence-electron chi connectivity index (χ4n) is 6.56. The summed E-state index contributed by atoms with van der Waals surface area (Å²) >= 11 is 13.7. The van der Waals surface area contributed by atoms with Crippen LogP contribution in [0.15, 0.2) is 52.2 Å². The molecule has 1 fully saturated rings. The van der Waals surface area contributed by atoms with Gasteiger partial charge in [0.2, 0.25) is 11.8 Å². The largest absolute Gasteiger partial charge is 0.481 e. The zero-order valence-electron chi connectivity index (χ0n) is 26.8. The van der Waals surface area contributed by atoms with Crippen molar-refractivity contribution in [1.82, 2.24) is 23.9 Å². The van der Waals surface area contributed by atoms with Gasteiger partial charge in [0.15, 0.2) is 0 Å². The molecule has 2 amide bonds. The van der Waals surface area contributed by atoms with Crippen molar-refractivity contribution in [2.75, 3.05) is 38.6 Å². The number of methoxy groups -OCH3 is 1. The summed E-state index contributed by atoms with van der Waals surface area (Å²) in [7, 11) is 4.26. The molecule has 1 aliphatic carbocycles. The summed E-state index contributed by atoms with van der Waals surface area (Å²) in [5.41, 5.74) is 1.75. The Morgan fingerprint density at radius 1 is 1.02 bits per heavy atom. The molecule has 14 heteroatoms. The monoisotopic (exact) mass is 694 g/mol. The van der Waals surface area contributed by atoms with Gasteiger partial charge in [0.1, 0.15) is 11.4 Å². The summed E-state index contributed by atoms with van der Waals surface area (Å²) < 4.78 is 23.3. The van der Waals surface area contributed by atoms with Gasteiger partial charge in [-0.2, -0.15) is 0 Å². The lowest BCUT2D eigenvalue weighted by molar-refractivity contribution is -0.130. The Kier molecular flexibility index (Phi) is 9.16. The van der Waals surface area contributed by atoms with E-state index < -0.39 is 23.0 Å². The second-order valence-corrected chi connectivity index (χ2v) is 12.6. The predicted molar refractivity (Wildman–Crippen MR) is 181 cm³/mol. The summed E-state index contributed by atoms with van der Waals surface area (Å²) in [5.74, 6) is -0.890. The van der Waals surface area contributed by atoms with E-state index in [1.165, 1.54) is 26.2 Å². The van der Waals surface area contributed by atoms with Gasteiger partial charge in [-0.15, -0.1) is 0 Å². The average Bonchev–Trinajstić information content (AvgIpc) is 3.51. The van der Waals surface area contributed by atoms with Gasteiger partial charge in [0.05, 0.1) is 28.5 Å². The van der Waals surface area contributed by atoms with E-state index in [0.29, 0.717) is 30.2 Å². The third kappa shape index (κ3) is 5.88. The number of aryl methyl sites for hydroxylation is 2. The number of fused-ring (bicyclic) bond motifs is 1. The van der Waals surface area contributed by atoms with Crippen LogP contribution in [0.5, 0.6) is 5.88 Å². The Balaban J connectivity index is 1.34. The molecule has 2 aromatic carbocycles. The van der Waals surface area contributed by atoms with Gasteiger partial charge >= 0.3 is 5.69 Å². The quantitative estimate of drug-likeness (QED) is 0.312. The maximum absolute atomic E-state index is 15.6. The van der Waals surface area contributed by atoms with Gasteiger partial charge in [-0.25, -0.2) is 14.2 Å². The van der Waals surface area contributed by atoms with E-state index in [1.807, 2.05) is 11.0 Å². The van der Waals surface area contributed by atoms with Gasteiger partial charge in [0, 0.05) is 81.7 Å². The number of anilines is 1. The second kappa shape index (κ2) is 13.2. The molecule has 4 aromatic rings. The lowest BCUT2D eigenvalue weighted by Crippen LogP contribution is -2.48. The van der Waals surface area contributed by atoms with Crippen LogP contribution in [0.1, 0.15) is 40.9 Å². The van der Waals surface area contributed by atoms with Gasteiger partial charge < -0.3 is 19.5 Å². The minimum atomic E-state index is -0.793. The number of halogens is 3. The van der Waals surface area contributed by atoms with Crippen molar-refractivity contribution in [1.29, 1.82) is 0 Å². The summed E-state index contributed by atoms with van der Waals surface area (Å²) in [6, 6.07) is 9.55. The topological polar surface area (TPSA) is 119 Å². The van der Waals surface area contributed by atoms with E-state index in [4.69, 9.17) is 32.9 Å². The SMILES string of the molecule is COc1nc(-c2ccc(F)c(-c3cccc(NC(=O)c4cn(C)c(=O)n(C)c4=O)c3Cl)c2Cl)cc2c1C(N1CCN(C(C)=O)CC1)CC2. The van der Waals surface area contributed by atoms with Crippen LogP contribution < -0.4 is 21.3 Å². The number of rotatable bonds is 6. The van der Waals surface area contributed by atoms with Crippen molar-refractivity contribution in [2.45, 2.75) is 25.8 Å². The van der Waals surface area contributed by atoms with E-state index in [-0.39, 0.29) is 44.4 Å². The Labute approximate surface area is 285 Å². The number of ether oxygens (including phenoxy) is 1. The molecular formula is C34H33Cl2FN6O5. The lowest BCUT2D eigenvalue weighted by atomic mass is 9.98. The Hall–Kier alpha value is -4.52. The fourth-order valence-corrected chi connectivity index (χ4v) is 7.18. The molecule has 6 rings (SSSR count). The zero-order valence-corrected chi connectivity index (χ0v) is 28.3. The number of carbonyl (C=O) groups is 2. The molecule has 250 valence electrons. The summed E-state index contributed by atoms with van der Waals surface area (Å²) in [6.45, 7) is 4.43. The minimum absolute atomic E-state index is 0.00218. The normalized spacial score (nSPS) is 16.1. The van der Waals surface area contributed by atoms with Crippen LogP contribution in [0.2, 0.25) is 10.0 Å². The number of nitrogens with zero attached hydrogens (tertiary/aromatic N) is 5. The van der Waals surface area contributed by atoms with Crippen molar-refractivity contribution in [3.63, 3.8) is 0 Å². The maximum Gasteiger partial charge on any atom is 0.330 e. The number of carbonyl (C=O) groups excluding carboxylic acids is 2. The van der Waals surface area contributed by atoms with Crippen LogP contribution in [-0.4, -0.2) is 69.0 Å². The third-order valence-electron chi connectivity index (χ3n) is 9.10. The van der Waals surface area contributed by atoms with Crippen molar-refractivity contribution < 1.29 is 18.7 Å². The van der Waals surface area contributed by atoms with E-state index >= 15 is 4.39 Å². The van der Waals surface area contributed by atoms with Crippen LogP contribution in [0.25, 0.3) is 22.4 Å². The van der Waals surface area contributed by atoms with Crippen LogP contribution in [0.4, 0.5) is 10.1 Å². The number of hydrogen-bond donors (Lipinski definition) is 1. The second-order valence-electron chi connectivity index (χ2n) is 11.9. The summed E-state index contributed by atoms with van der Waals surface area (Å²) in [6.07, 6.45) is 2.81. The standard InChI is InChI=1S/C34H33Cl2FN6O5/c1-18(44)42-12-14-43(15-13-42)26-11-8-19-16-25(39-32(48-4)27(19)26)20-9-10-23(37)28(30(20)36)21-6-5-7-24(29(21)35)38-31(45)22-17-40(2)34(47)41(3)33(22)46/h5-7,9-10,16-17,26H,8,11-15H2,1-4H3,(H,38,45). The van der Waals surface area contributed by atoms with Crippen LogP contribution in [0, 0.1) is 5.82 Å². The molecule has 0 bridgehead atoms.